The summed E-state index contributed by atoms with van der Waals surface area (Å²) in [5.41, 5.74) is 0. The van der Waals surface area contributed by atoms with E-state index in [4.69, 9.17) is 4.74 Å². The first-order chi connectivity index (χ1) is 9.97. The van der Waals surface area contributed by atoms with Gasteiger partial charge in [-0.2, -0.15) is 15.0 Å². The van der Waals surface area contributed by atoms with Crippen LogP contribution in [0.5, 0.6) is 6.01 Å². The van der Waals surface area contributed by atoms with E-state index in [1.54, 1.807) is 7.05 Å². The normalized spacial score (nSPS) is 18.4. The van der Waals surface area contributed by atoms with Crippen molar-refractivity contribution in [1.29, 1.82) is 0 Å². The Morgan fingerprint density at radius 1 is 1.24 bits per heavy atom. The number of carbonyl (C=O) groups excluding carboxylic acids is 2. The molecule has 0 bridgehead atoms. The second-order valence-electron chi connectivity index (χ2n) is 4.83. The van der Waals surface area contributed by atoms with E-state index in [2.05, 4.69) is 30.9 Å². The minimum absolute atomic E-state index is 0.0828. The van der Waals surface area contributed by atoms with Crippen LogP contribution in [0.1, 0.15) is 26.7 Å². The second kappa shape index (κ2) is 6.33. The molecule has 1 aromatic rings. The van der Waals surface area contributed by atoms with E-state index in [0.717, 1.165) is 0 Å². The summed E-state index contributed by atoms with van der Waals surface area (Å²) in [6.45, 7) is 3.71. The molecule has 1 aliphatic heterocycles. The minimum atomic E-state index is -0.554. The van der Waals surface area contributed by atoms with E-state index in [1.165, 1.54) is 0 Å². The molecule has 2 heterocycles. The van der Waals surface area contributed by atoms with Gasteiger partial charge in [0, 0.05) is 13.5 Å². The molecule has 0 radical (unpaired) electrons. The lowest BCUT2D eigenvalue weighted by molar-refractivity contribution is -0.133. The SMILES string of the molecule is CNc1nc(NC2CCC(=O)NC2=O)nc(OC(C)C)n1. The number of carbonyl (C=O) groups is 2. The molecule has 114 valence electrons. The van der Waals surface area contributed by atoms with Crippen molar-refractivity contribution >= 4 is 23.7 Å². The maximum absolute atomic E-state index is 11.7. The summed E-state index contributed by atoms with van der Waals surface area (Å²) in [5, 5.41) is 7.96. The van der Waals surface area contributed by atoms with E-state index in [-0.39, 0.29) is 36.3 Å². The average molecular weight is 294 g/mol. The molecule has 1 atom stereocenters. The number of nitrogens with zero attached hydrogens (tertiary/aromatic N) is 3. The molecule has 1 fully saturated rings. The average Bonchev–Trinajstić information content (AvgIpc) is 2.41. The van der Waals surface area contributed by atoms with Gasteiger partial charge in [-0.3, -0.25) is 14.9 Å². The molecule has 1 saturated heterocycles. The summed E-state index contributed by atoms with van der Waals surface area (Å²) in [6.07, 6.45) is 0.592. The number of nitrogens with one attached hydrogen (secondary N) is 3. The zero-order valence-corrected chi connectivity index (χ0v) is 12.1. The molecule has 9 nitrogen and oxygen atoms in total. The van der Waals surface area contributed by atoms with Gasteiger partial charge in [0.25, 0.3) is 0 Å². The van der Waals surface area contributed by atoms with Crippen LogP contribution in [0.4, 0.5) is 11.9 Å². The third kappa shape index (κ3) is 4.01. The Hall–Kier alpha value is -2.45. The van der Waals surface area contributed by atoms with Crippen LogP contribution in [0.25, 0.3) is 0 Å². The molecule has 21 heavy (non-hydrogen) atoms. The fourth-order valence-electron chi connectivity index (χ4n) is 1.78. The van der Waals surface area contributed by atoms with Crippen molar-refractivity contribution in [3.8, 4) is 6.01 Å². The first-order valence-corrected chi connectivity index (χ1v) is 6.68. The summed E-state index contributed by atoms with van der Waals surface area (Å²) in [4.78, 5) is 35.1. The third-order valence-electron chi connectivity index (χ3n) is 2.72. The standard InChI is InChI=1S/C12H18N6O3/c1-6(2)21-12-17-10(13-3)16-11(18-12)14-7-4-5-8(19)15-9(7)20/h6-7H,4-5H2,1-3H3,(H,15,19,20)(H2,13,14,16,17,18). The first-order valence-electron chi connectivity index (χ1n) is 6.68. The molecule has 0 saturated carbocycles. The topological polar surface area (TPSA) is 118 Å². The largest absolute Gasteiger partial charge is 0.461 e. The molecule has 1 aromatic heterocycles. The van der Waals surface area contributed by atoms with Gasteiger partial charge in [-0.05, 0) is 20.3 Å². The molecule has 0 aliphatic carbocycles. The fourth-order valence-corrected chi connectivity index (χ4v) is 1.78. The van der Waals surface area contributed by atoms with Gasteiger partial charge in [-0.15, -0.1) is 0 Å². The fraction of sp³-hybridized carbons (Fsp3) is 0.583. The predicted molar refractivity (Wildman–Crippen MR) is 74.9 cm³/mol. The van der Waals surface area contributed by atoms with Gasteiger partial charge >= 0.3 is 6.01 Å². The quantitative estimate of drug-likeness (QED) is 0.645. The van der Waals surface area contributed by atoms with Crippen LogP contribution in [0, 0.1) is 0 Å². The van der Waals surface area contributed by atoms with Gasteiger partial charge in [0.2, 0.25) is 23.7 Å². The number of piperidine rings is 1. The highest BCUT2D eigenvalue weighted by atomic mass is 16.5. The number of hydrogen-bond acceptors (Lipinski definition) is 8. The number of rotatable bonds is 5. The molecule has 3 N–H and O–H groups in total. The van der Waals surface area contributed by atoms with E-state index < -0.39 is 6.04 Å². The molecule has 2 amide bonds. The smallest absolute Gasteiger partial charge is 0.323 e. The summed E-state index contributed by atoms with van der Waals surface area (Å²) >= 11 is 0. The summed E-state index contributed by atoms with van der Waals surface area (Å²) in [7, 11) is 1.67. The minimum Gasteiger partial charge on any atom is -0.461 e. The number of hydrogen-bond donors (Lipinski definition) is 3. The van der Waals surface area contributed by atoms with Crippen molar-refractivity contribution in [2.24, 2.45) is 0 Å². The summed E-state index contributed by atoms with van der Waals surface area (Å²) in [6, 6.07) is -0.388. The van der Waals surface area contributed by atoms with E-state index >= 15 is 0 Å². The number of anilines is 2. The van der Waals surface area contributed by atoms with Crippen LogP contribution < -0.4 is 20.7 Å². The zero-order chi connectivity index (χ0) is 15.4. The maximum atomic E-state index is 11.7. The molecule has 1 unspecified atom stereocenters. The highest BCUT2D eigenvalue weighted by Gasteiger charge is 2.27. The summed E-state index contributed by atoms with van der Waals surface area (Å²) < 4.78 is 5.43. The van der Waals surface area contributed by atoms with Crippen molar-refractivity contribution in [1.82, 2.24) is 20.3 Å². The molecular weight excluding hydrogens is 276 g/mol. The van der Waals surface area contributed by atoms with Crippen LogP contribution in [0.3, 0.4) is 0 Å². The highest BCUT2D eigenvalue weighted by molar-refractivity contribution is 6.01. The highest BCUT2D eigenvalue weighted by Crippen LogP contribution is 2.15. The number of aromatic nitrogens is 3. The molecule has 2 rings (SSSR count). The Morgan fingerprint density at radius 3 is 2.57 bits per heavy atom. The molecule has 0 spiro atoms. The van der Waals surface area contributed by atoms with Gasteiger partial charge < -0.3 is 15.4 Å². The maximum Gasteiger partial charge on any atom is 0.323 e. The van der Waals surface area contributed by atoms with E-state index in [1.807, 2.05) is 13.8 Å². The van der Waals surface area contributed by atoms with Crippen LogP contribution in [-0.4, -0.2) is 46.0 Å². The van der Waals surface area contributed by atoms with Crippen molar-refractivity contribution in [2.75, 3.05) is 17.7 Å². The Balaban J connectivity index is 2.15. The zero-order valence-electron chi connectivity index (χ0n) is 12.1. The number of amides is 2. The van der Waals surface area contributed by atoms with Gasteiger partial charge in [0.1, 0.15) is 6.04 Å². The lowest BCUT2D eigenvalue weighted by atomic mass is 10.1. The number of imide groups is 1. The number of ether oxygens (including phenoxy) is 1. The van der Waals surface area contributed by atoms with Gasteiger partial charge in [0.15, 0.2) is 0 Å². The van der Waals surface area contributed by atoms with Crippen molar-refractivity contribution in [2.45, 2.75) is 38.8 Å². The van der Waals surface area contributed by atoms with Crippen molar-refractivity contribution in [3.63, 3.8) is 0 Å². The first kappa shape index (κ1) is 14.9. The summed E-state index contributed by atoms with van der Waals surface area (Å²) in [5.74, 6) is -0.104. The Kier molecular flexibility index (Phi) is 4.51. The lowest BCUT2D eigenvalue weighted by Crippen LogP contribution is -2.47. The van der Waals surface area contributed by atoms with E-state index in [9.17, 15) is 9.59 Å². The Labute approximate surface area is 121 Å². The molecular formula is C12H18N6O3. The molecule has 0 aromatic carbocycles. The second-order valence-corrected chi connectivity index (χ2v) is 4.83. The van der Waals surface area contributed by atoms with Gasteiger partial charge in [0.05, 0.1) is 6.10 Å². The van der Waals surface area contributed by atoms with Crippen LogP contribution in [0.15, 0.2) is 0 Å². The lowest BCUT2D eigenvalue weighted by Gasteiger charge is -2.22. The van der Waals surface area contributed by atoms with Gasteiger partial charge in [-0.1, -0.05) is 0 Å². The predicted octanol–water partition coefficient (Wildman–Crippen LogP) is -0.0824. The van der Waals surface area contributed by atoms with Gasteiger partial charge in [-0.25, -0.2) is 0 Å². The van der Waals surface area contributed by atoms with Crippen molar-refractivity contribution < 1.29 is 14.3 Å². The Morgan fingerprint density at radius 2 is 1.95 bits per heavy atom. The Bertz CT molecular complexity index is 548. The van der Waals surface area contributed by atoms with Crippen LogP contribution in [0.2, 0.25) is 0 Å². The monoisotopic (exact) mass is 294 g/mol. The van der Waals surface area contributed by atoms with Crippen LogP contribution >= 0.6 is 0 Å². The molecule has 9 heteroatoms. The third-order valence-corrected chi connectivity index (χ3v) is 2.72. The van der Waals surface area contributed by atoms with Crippen LogP contribution in [-0.2, 0) is 9.59 Å². The molecule has 1 aliphatic rings. The van der Waals surface area contributed by atoms with E-state index in [0.29, 0.717) is 12.4 Å². The van der Waals surface area contributed by atoms with Crippen molar-refractivity contribution in [3.05, 3.63) is 0 Å².